The molecule has 188 valence electrons. The van der Waals surface area contributed by atoms with E-state index in [9.17, 15) is 0 Å². The van der Waals surface area contributed by atoms with Gasteiger partial charge < -0.3 is 0 Å². The third-order valence-corrected chi connectivity index (χ3v) is 8.24. The molecule has 0 amide bonds. The third kappa shape index (κ3) is 4.80. The zero-order valence-corrected chi connectivity index (χ0v) is 21.3. The van der Waals surface area contributed by atoms with Gasteiger partial charge in [-0.2, -0.15) is 0 Å². The molecule has 5 aromatic carbocycles. The SMILES string of the molecule is c1ccc(OP2(Oc3ccccc3)(Oc3ccccc3)OC(c3ccccc3)=C(c3ccccc3)O2)cc1. The Hall–Kier alpha value is -4.73. The molecule has 0 fully saturated rings. The van der Waals surface area contributed by atoms with Gasteiger partial charge in [0.1, 0.15) is 0 Å². The Morgan fingerprint density at radius 3 is 0.895 bits per heavy atom. The van der Waals surface area contributed by atoms with E-state index in [-0.39, 0.29) is 0 Å². The van der Waals surface area contributed by atoms with Crippen LogP contribution >= 0.6 is 7.74 Å². The van der Waals surface area contributed by atoms with Crippen molar-refractivity contribution in [3.63, 3.8) is 0 Å². The third-order valence-electron chi connectivity index (χ3n) is 5.75. The van der Waals surface area contributed by atoms with Gasteiger partial charge in [0.25, 0.3) is 0 Å². The summed E-state index contributed by atoms with van der Waals surface area (Å²) in [5.74, 6) is 2.32. The van der Waals surface area contributed by atoms with Crippen molar-refractivity contribution in [3.8, 4) is 17.2 Å². The van der Waals surface area contributed by atoms with Gasteiger partial charge in [-0.3, -0.25) is 0 Å². The van der Waals surface area contributed by atoms with Gasteiger partial charge in [0.15, 0.2) is 0 Å². The van der Waals surface area contributed by atoms with E-state index in [0.29, 0.717) is 28.8 Å². The molecule has 0 spiro atoms. The Labute approximate surface area is 221 Å². The van der Waals surface area contributed by atoms with Crippen molar-refractivity contribution >= 4 is 19.3 Å². The van der Waals surface area contributed by atoms with E-state index in [2.05, 4.69) is 0 Å². The van der Waals surface area contributed by atoms with Crippen LogP contribution in [0.2, 0.25) is 0 Å². The van der Waals surface area contributed by atoms with Crippen LogP contribution in [0.5, 0.6) is 17.2 Å². The Balaban J connectivity index is 1.58. The van der Waals surface area contributed by atoms with Crippen LogP contribution in [0.25, 0.3) is 11.5 Å². The fraction of sp³-hybridized carbons (Fsp3) is 0. The molecule has 0 saturated carbocycles. The molecule has 0 atom stereocenters. The molecule has 0 radical (unpaired) electrons. The summed E-state index contributed by atoms with van der Waals surface area (Å²) in [6.45, 7) is 0. The van der Waals surface area contributed by atoms with Crippen LogP contribution in [0.1, 0.15) is 11.1 Å². The second-order valence-corrected chi connectivity index (χ2v) is 10.9. The molecule has 0 N–H and O–H groups in total. The van der Waals surface area contributed by atoms with Crippen molar-refractivity contribution < 1.29 is 22.6 Å². The number of hydrogen-bond donors (Lipinski definition) is 0. The number of para-hydroxylation sites is 3. The maximum absolute atomic E-state index is 6.82. The van der Waals surface area contributed by atoms with Crippen LogP contribution in [-0.2, 0) is 9.05 Å². The molecule has 5 aromatic rings. The quantitative estimate of drug-likeness (QED) is 0.191. The Kier molecular flexibility index (Phi) is 6.20. The van der Waals surface area contributed by atoms with Gasteiger partial charge in [0, 0.05) is 0 Å². The molecule has 5 nitrogen and oxygen atoms in total. The average Bonchev–Trinajstić information content (AvgIpc) is 3.30. The van der Waals surface area contributed by atoms with E-state index < -0.39 is 7.74 Å². The molecular formula is C32H25O5P. The van der Waals surface area contributed by atoms with E-state index in [4.69, 9.17) is 22.6 Å². The second kappa shape index (κ2) is 9.97. The summed E-state index contributed by atoms with van der Waals surface area (Å²) in [5, 5.41) is 0. The van der Waals surface area contributed by atoms with Crippen LogP contribution in [0, 0.1) is 0 Å². The number of rotatable bonds is 8. The minimum atomic E-state index is -4.99. The summed E-state index contributed by atoms with van der Waals surface area (Å²) in [7, 11) is -4.99. The van der Waals surface area contributed by atoms with Crippen molar-refractivity contribution in [2.75, 3.05) is 0 Å². The molecule has 0 unspecified atom stereocenters. The van der Waals surface area contributed by atoms with Gasteiger partial charge in [0.2, 0.25) is 0 Å². The van der Waals surface area contributed by atoms with E-state index >= 15 is 0 Å². The zero-order valence-electron chi connectivity index (χ0n) is 20.4. The van der Waals surface area contributed by atoms with Gasteiger partial charge in [0.05, 0.1) is 0 Å². The first-order valence-corrected chi connectivity index (χ1v) is 14.1. The predicted octanol–water partition coefficient (Wildman–Crippen LogP) is 8.92. The molecule has 6 heteroatoms. The normalized spacial score (nSPS) is 16.3. The van der Waals surface area contributed by atoms with Crippen molar-refractivity contribution in [3.05, 3.63) is 163 Å². The molecular weight excluding hydrogens is 495 g/mol. The summed E-state index contributed by atoms with van der Waals surface area (Å²) >= 11 is 0. The first-order valence-electron chi connectivity index (χ1n) is 12.2. The molecule has 6 rings (SSSR count). The van der Waals surface area contributed by atoms with Crippen LogP contribution in [0.4, 0.5) is 0 Å². The zero-order chi connectivity index (χ0) is 25.7. The van der Waals surface area contributed by atoms with E-state index in [1.54, 1.807) is 0 Å². The molecule has 1 aliphatic rings. The van der Waals surface area contributed by atoms with Gasteiger partial charge in [-0.1, -0.05) is 0 Å². The van der Waals surface area contributed by atoms with E-state index in [1.165, 1.54) is 0 Å². The summed E-state index contributed by atoms with van der Waals surface area (Å²) in [4.78, 5) is 0. The first kappa shape index (κ1) is 23.7. The molecule has 38 heavy (non-hydrogen) atoms. The van der Waals surface area contributed by atoms with Crippen LogP contribution < -0.4 is 13.6 Å². The Bertz CT molecular complexity index is 1370. The standard InChI is InChI=1S/C32H25O5P/c1-6-16-26(17-7-1)31-32(27-18-8-2-9-19-27)37-38(36-31,33-28-20-10-3-11-21-28,34-29-22-12-4-13-23-29)35-30-24-14-5-15-25-30/h1-25H. The van der Waals surface area contributed by atoms with Crippen molar-refractivity contribution in [1.29, 1.82) is 0 Å². The van der Waals surface area contributed by atoms with Gasteiger partial charge >= 0.3 is 222 Å². The summed E-state index contributed by atoms with van der Waals surface area (Å²) in [5.41, 5.74) is 1.59. The van der Waals surface area contributed by atoms with Crippen LogP contribution in [0.15, 0.2) is 152 Å². The van der Waals surface area contributed by atoms with Crippen molar-refractivity contribution in [2.24, 2.45) is 0 Å². The fourth-order valence-electron chi connectivity index (χ4n) is 4.07. The van der Waals surface area contributed by atoms with Crippen LogP contribution in [-0.4, -0.2) is 0 Å². The Morgan fingerprint density at radius 2 is 0.605 bits per heavy atom. The topological polar surface area (TPSA) is 46.2 Å². The molecule has 0 aromatic heterocycles. The van der Waals surface area contributed by atoms with Gasteiger partial charge in [-0.25, -0.2) is 0 Å². The number of hydrogen-bond acceptors (Lipinski definition) is 5. The molecule has 0 saturated heterocycles. The summed E-state index contributed by atoms with van der Waals surface area (Å²) < 4.78 is 33.6. The molecule has 0 aliphatic carbocycles. The first-order chi connectivity index (χ1) is 18.7. The maximum atomic E-state index is 6.82. The van der Waals surface area contributed by atoms with Crippen molar-refractivity contribution in [2.45, 2.75) is 0 Å². The molecule has 0 bridgehead atoms. The number of benzene rings is 5. The van der Waals surface area contributed by atoms with Crippen molar-refractivity contribution in [1.82, 2.24) is 0 Å². The summed E-state index contributed by atoms with van der Waals surface area (Å²) in [6, 6.07) is 47.3. The molecule has 1 heterocycles. The minimum absolute atomic E-state index is 0.456. The fourth-order valence-corrected chi connectivity index (χ4v) is 6.82. The summed E-state index contributed by atoms with van der Waals surface area (Å²) in [6.07, 6.45) is 0. The van der Waals surface area contributed by atoms with Crippen LogP contribution in [0.3, 0.4) is 0 Å². The average molecular weight is 521 g/mol. The van der Waals surface area contributed by atoms with Gasteiger partial charge in [-0.05, 0) is 0 Å². The Morgan fingerprint density at radius 1 is 0.342 bits per heavy atom. The van der Waals surface area contributed by atoms with Gasteiger partial charge in [-0.15, -0.1) is 0 Å². The second-order valence-electron chi connectivity index (χ2n) is 8.53. The van der Waals surface area contributed by atoms with E-state index in [1.807, 2.05) is 152 Å². The predicted molar refractivity (Wildman–Crippen MR) is 150 cm³/mol. The monoisotopic (exact) mass is 520 g/mol. The van der Waals surface area contributed by atoms with E-state index in [0.717, 1.165) is 11.1 Å². The molecule has 1 aliphatic heterocycles.